The van der Waals surface area contributed by atoms with Gasteiger partial charge < -0.3 is 5.32 Å². The van der Waals surface area contributed by atoms with Crippen LogP contribution < -0.4 is 5.32 Å². The molecule has 0 saturated heterocycles. The summed E-state index contributed by atoms with van der Waals surface area (Å²) in [6.07, 6.45) is 2.77. The zero-order chi connectivity index (χ0) is 15.2. The van der Waals surface area contributed by atoms with Crippen molar-refractivity contribution < 1.29 is 0 Å². The summed E-state index contributed by atoms with van der Waals surface area (Å²) in [5.74, 6) is 0. The summed E-state index contributed by atoms with van der Waals surface area (Å²) >= 11 is 1.73. The molecule has 2 nitrogen and oxygen atoms in total. The quantitative estimate of drug-likeness (QED) is 0.759. The van der Waals surface area contributed by atoms with Gasteiger partial charge in [-0.15, -0.1) is 17.9 Å². The lowest BCUT2D eigenvalue weighted by atomic mass is 10.1. The fourth-order valence-electron chi connectivity index (χ4n) is 2.15. The highest BCUT2D eigenvalue weighted by Gasteiger charge is 2.13. The lowest BCUT2D eigenvalue weighted by Crippen LogP contribution is -2.17. The SMILES string of the molecule is C=CCC(NC(=C)C)c1ccc(-c2cccc(C#N)c2)s1. The highest BCUT2D eigenvalue weighted by molar-refractivity contribution is 7.15. The highest BCUT2D eigenvalue weighted by Crippen LogP contribution is 2.33. The number of nitriles is 1. The topological polar surface area (TPSA) is 35.8 Å². The van der Waals surface area contributed by atoms with Crippen LogP contribution in [0.5, 0.6) is 0 Å². The van der Waals surface area contributed by atoms with Crippen LogP contribution in [0, 0.1) is 11.3 Å². The molecule has 0 amide bonds. The minimum Gasteiger partial charge on any atom is -0.381 e. The van der Waals surface area contributed by atoms with E-state index in [1.54, 1.807) is 11.3 Å². The van der Waals surface area contributed by atoms with E-state index in [9.17, 15) is 0 Å². The van der Waals surface area contributed by atoms with Gasteiger partial charge in [0.05, 0.1) is 17.7 Å². The average molecular weight is 294 g/mol. The van der Waals surface area contributed by atoms with Gasteiger partial charge >= 0.3 is 0 Å². The summed E-state index contributed by atoms with van der Waals surface area (Å²) in [6.45, 7) is 9.69. The third kappa shape index (κ3) is 3.84. The Bertz CT molecular complexity index is 691. The molecule has 0 fully saturated rings. The van der Waals surface area contributed by atoms with Crippen molar-refractivity contribution in [2.75, 3.05) is 0 Å². The van der Waals surface area contributed by atoms with Gasteiger partial charge in [0.1, 0.15) is 0 Å². The molecular formula is C18H18N2S. The number of allylic oxidation sites excluding steroid dienone is 1. The van der Waals surface area contributed by atoms with Crippen LogP contribution >= 0.6 is 11.3 Å². The molecule has 0 spiro atoms. The van der Waals surface area contributed by atoms with E-state index in [0.29, 0.717) is 5.56 Å². The van der Waals surface area contributed by atoms with Crippen molar-refractivity contribution >= 4 is 11.3 Å². The van der Waals surface area contributed by atoms with Gasteiger partial charge in [0.2, 0.25) is 0 Å². The van der Waals surface area contributed by atoms with Crippen molar-refractivity contribution in [3.63, 3.8) is 0 Å². The minimum absolute atomic E-state index is 0.206. The highest BCUT2D eigenvalue weighted by atomic mass is 32.1. The molecule has 3 heteroatoms. The zero-order valence-corrected chi connectivity index (χ0v) is 12.9. The molecule has 0 bridgehead atoms. The van der Waals surface area contributed by atoms with Crippen LogP contribution in [-0.2, 0) is 0 Å². The van der Waals surface area contributed by atoms with Gasteiger partial charge in [-0.3, -0.25) is 0 Å². The lowest BCUT2D eigenvalue weighted by Gasteiger charge is -2.16. The first-order valence-electron chi connectivity index (χ1n) is 6.77. The van der Waals surface area contributed by atoms with E-state index in [2.05, 4.69) is 36.7 Å². The number of thiophene rings is 1. The molecule has 0 aliphatic carbocycles. The molecule has 1 N–H and O–H groups in total. The normalized spacial score (nSPS) is 11.4. The van der Waals surface area contributed by atoms with Crippen LogP contribution in [0.2, 0.25) is 0 Å². The largest absolute Gasteiger partial charge is 0.381 e. The fraction of sp³-hybridized carbons (Fsp3) is 0.167. The third-order valence-corrected chi connectivity index (χ3v) is 4.32. The van der Waals surface area contributed by atoms with Crippen LogP contribution in [0.25, 0.3) is 10.4 Å². The van der Waals surface area contributed by atoms with Gasteiger partial charge in [-0.1, -0.05) is 24.8 Å². The number of hydrogen-bond acceptors (Lipinski definition) is 3. The maximum atomic E-state index is 8.99. The van der Waals surface area contributed by atoms with E-state index < -0.39 is 0 Å². The fourth-order valence-corrected chi connectivity index (χ4v) is 3.22. The predicted molar refractivity (Wildman–Crippen MR) is 90.0 cm³/mol. The summed E-state index contributed by atoms with van der Waals surface area (Å²) < 4.78 is 0. The Balaban J connectivity index is 2.29. The molecule has 2 aromatic rings. The maximum absolute atomic E-state index is 8.99. The van der Waals surface area contributed by atoms with Crippen molar-refractivity contribution in [3.8, 4) is 16.5 Å². The first kappa shape index (κ1) is 15.1. The molecule has 1 atom stereocenters. The van der Waals surface area contributed by atoms with Crippen molar-refractivity contribution in [1.82, 2.24) is 5.32 Å². The Labute approximate surface area is 130 Å². The molecule has 0 aliphatic heterocycles. The summed E-state index contributed by atoms with van der Waals surface area (Å²) in [4.78, 5) is 2.41. The molecule has 1 unspecified atom stereocenters. The van der Waals surface area contributed by atoms with Gasteiger partial charge in [-0.2, -0.15) is 5.26 Å². The molecular weight excluding hydrogens is 276 g/mol. The maximum Gasteiger partial charge on any atom is 0.0991 e. The number of benzene rings is 1. The summed E-state index contributed by atoms with van der Waals surface area (Å²) in [6, 6.07) is 14.3. The second-order valence-electron chi connectivity index (χ2n) is 4.90. The average Bonchev–Trinajstić information content (AvgIpc) is 2.96. The van der Waals surface area contributed by atoms with E-state index >= 15 is 0 Å². The Morgan fingerprint density at radius 3 is 2.90 bits per heavy atom. The van der Waals surface area contributed by atoms with Crippen molar-refractivity contribution in [1.29, 1.82) is 5.26 Å². The summed E-state index contributed by atoms with van der Waals surface area (Å²) in [5.41, 5.74) is 2.71. The minimum atomic E-state index is 0.206. The van der Waals surface area contributed by atoms with Gasteiger partial charge in [0.15, 0.2) is 0 Å². The predicted octanol–water partition coefficient (Wildman–Crippen LogP) is 5.03. The molecule has 1 heterocycles. The number of hydrogen-bond donors (Lipinski definition) is 1. The Morgan fingerprint density at radius 2 is 2.24 bits per heavy atom. The van der Waals surface area contributed by atoms with Crippen LogP contribution in [0.1, 0.15) is 29.8 Å². The molecule has 0 radical (unpaired) electrons. The van der Waals surface area contributed by atoms with Gasteiger partial charge in [-0.05, 0) is 43.2 Å². The van der Waals surface area contributed by atoms with E-state index in [1.165, 1.54) is 9.75 Å². The summed E-state index contributed by atoms with van der Waals surface area (Å²) in [7, 11) is 0. The van der Waals surface area contributed by atoms with E-state index in [-0.39, 0.29) is 6.04 Å². The Morgan fingerprint density at radius 1 is 1.43 bits per heavy atom. The van der Waals surface area contributed by atoms with Gasteiger partial charge in [-0.25, -0.2) is 0 Å². The second-order valence-corrected chi connectivity index (χ2v) is 6.01. The smallest absolute Gasteiger partial charge is 0.0991 e. The van der Waals surface area contributed by atoms with Crippen LogP contribution in [-0.4, -0.2) is 0 Å². The number of rotatable bonds is 6. The third-order valence-electron chi connectivity index (χ3n) is 3.07. The van der Waals surface area contributed by atoms with E-state index in [4.69, 9.17) is 5.26 Å². The van der Waals surface area contributed by atoms with Gasteiger partial charge in [0.25, 0.3) is 0 Å². The second kappa shape index (κ2) is 6.92. The van der Waals surface area contributed by atoms with Crippen LogP contribution in [0.15, 0.2) is 61.3 Å². The Hall–Kier alpha value is -2.31. The first-order valence-corrected chi connectivity index (χ1v) is 7.59. The van der Waals surface area contributed by atoms with Gasteiger partial charge in [0, 0.05) is 15.5 Å². The molecule has 21 heavy (non-hydrogen) atoms. The van der Waals surface area contributed by atoms with Crippen molar-refractivity contribution in [2.45, 2.75) is 19.4 Å². The van der Waals surface area contributed by atoms with Crippen LogP contribution in [0.4, 0.5) is 0 Å². The Kier molecular flexibility index (Phi) is 4.97. The molecule has 2 rings (SSSR count). The molecule has 0 saturated carbocycles. The lowest BCUT2D eigenvalue weighted by molar-refractivity contribution is 0.618. The molecule has 0 aliphatic rings. The first-order chi connectivity index (χ1) is 10.1. The standard InChI is InChI=1S/C18H18N2S/c1-4-6-16(20-13(2)3)18-10-9-17(21-18)15-8-5-7-14(11-15)12-19/h4-5,7-11,16,20H,1-2,6H2,3H3. The van der Waals surface area contributed by atoms with E-state index in [0.717, 1.165) is 17.7 Å². The van der Waals surface area contributed by atoms with Crippen molar-refractivity contribution in [3.05, 3.63) is 71.8 Å². The summed E-state index contributed by atoms with van der Waals surface area (Å²) in [5, 5.41) is 12.4. The number of nitrogens with one attached hydrogen (secondary N) is 1. The zero-order valence-electron chi connectivity index (χ0n) is 12.1. The molecule has 1 aromatic heterocycles. The van der Waals surface area contributed by atoms with Crippen LogP contribution in [0.3, 0.4) is 0 Å². The molecule has 1 aromatic carbocycles. The molecule has 106 valence electrons. The number of nitrogens with zero attached hydrogens (tertiary/aromatic N) is 1. The van der Waals surface area contributed by atoms with Crippen molar-refractivity contribution in [2.24, 2.45) is 0 Å². The van der Waals surface area contributed by atoms with E-state index in [1.807, 2.05) is 37.3 Å². The monoisotopic (exact) mass is 294 g/mol.